The molecule has 0 radical (unpaired) electrons. The number of rotatable bonds is 4. The number of sulfonamides is 1. The normalized spacial score (nSPS) is 24.6. The number of hydrogen-bond donors (Lipinski definition) is 1. The minimum Gasteiger partial charge on any atom is -0.366 e. The molecule has 2 aliphatic rings. The predicted octanol–water partition coefficient (Wildman–Crippen LogP) is 1.19. The Balaban J connectivity index is 1.66. The van der Waals surface area contributed by atoms with Crippen molar-refractivity contribution in [3.63, 3.8) is 0 Å². The Hall–Kier alpha value is -1.21. The summed E-state index contributed by atoms with van der Waals surface area (Å²) in [5.41, 5.74) is 0. The first-order chi connectivity index (χ1) is 9.52. The zero-order chi connectivity index (χ0) is 14.2. The van der Waals surface area contributed by atoms with Gasteiger partial charge in [-0.2, -0.15) is 0 Å². The Morgan fingerprint density at radius 3 is 2.85 bits per heavy atom. The Morgan fingerprint density at radius 2 is 2.15 bits per heavy atom. The molecule has 1 aliphatic heterocycles. The molecule has 0 spiro atoms. The smallest absolute Gasteiger partial charge is 0.211 e. The number of aromatic nitrogens is 2. The van der Waals surface area contributed by atoms with Crippen molar-refractivity contribution in [2.75, 3.05) is 24.7 Å². The van der Waals surface area contributed by atoms with Crippen molar-refractivity contribution >= 4 is 15.8 Å². The van der Waals surface area contributed by atoms with Crippen molar-refractivity contribution in [2.24, 2.45) is 0 Å². The third kappa shape index (κ3) is 3.27. The summed E-state index contributed by atoms with van der Waals surface area (Å²) >= 11 is 0. The molecule has 1 saturated heterocycles. The van der Waals surface area contributed by atoms with Crippen LogP contribution in [0.5, 0.6) is 0 Å². The average Bonchev–Trinajstić information content (AvgIpc) is 3.23. The van der Waals surface area contributed by atoms with Crippen LogP contribution in [0.2, 0.25) is 0 Å². The summed E-state index contributed by atoms with van der Waals surface area (Å²) in [4.78, 5) is 8.82. The number of piperidine rings is 1. The largest absolute Gasteiger partial charge is 0.366 e. The zero-order valence-corrected chi connectivity index (χ0v) is 12.4. The maximum atomic E-state index is 11.6. The van der Waals surface area contributed by atoms with Gasteiger partial charge < -0.3 is 5.32 Å². The highest BCUT2D eigenvalue weighted by atomic mass is 32.2. The molecule has 1 aliphatic carbocycles. The third-order valence-electron chi connectivity index (χ3n) is 3.82. The third-order valence-corrected chi connectivity index (χ3v) is 5.09. The van der Waals surface area contributed by atoms with E-state index in [9.17, 15) is 8.42 Å². The standard InChI is InChI=1S/C13H20N4O2S/c1-20(18,19)17-8-2-3-11(9-17)15-12-6-7-14-13(16-12)10-4-5-10/h6-7,10-11H,2-5,8-9H2,1H3,(H,14,15,16). The molecule has 2 heterocycles. The van der Waals surface area contributed by atoms with Gasteiger partial charge >= 0.3 is 0 Å². The van der Waals surface area contributed by atoms with Crippen molar-refractivity contribution in [1.29, 1.82) is 0 Å². The van der Waals surface area contributed by atoms with Crippen LogP contribution in [0.1, 0.15) is 37.4 Å². The molecule has 6 nitrogen and oxygen atoms in total. The Bertz CT molecular complexity index is 586. The van der Waals surface area contributed by atoms with E-state index in [0.717, 1.165) is 24.5 Å². The molecule has 2 fully saturated rings. The molecule has 1 atom stereocenters. The maximum Gasteiger partial charge on any atom is 0.211 e. The minimum absolute atomic E-state index is 0.125. The molecule has 7 heteroatoms. The van der Waals surface area contributed by atoms with Gasteiger partial charge in [-0.1, -0.05) is 0 Å². The lowest BCUT2D eigenvalue weighted by atomic mass is 10.1. The van der Waals surface area contributed by atoms with Gasteiger partial charge in [0, 0.05) is 31.2 Å². The van der Waals surface area contributed by atoms with Gasteiger partial charge in [-0.05, 0) is 31.7 Å². The van der Waals surface area contributed by atoms with Gasteiger partial charge in [0.25, 0.3) is 0 Å². The van der Waals surface area contributed by atoms with Gasteiger partial charge in [0.1, 0.15) is 11.6 Å². The highest BCUT2D eigenvalue weighted by Gasteiger charge is 2.28. The molecule has 1 N–H and O–H groups in total. The predicted molar refractivity (Wildman–Crippen MR) is 77.1 cm³/mol. The SMILES string of the molecule is CS(=O)(=O)N1CCCC(Nc2ccnc(C3CC3)n2)C1. The van der Waals surface area contributed by atoms with E-state index in [-0.39, 0.29) is 6.04 Å². The maximum absolute atomic E-state index is 11.6. The van der Waals surface area contributed by atoms with E-state index in [2.05, 4.69) is 15.3 Å². The van der Waals surface area contributed by atoms with Crippen LogP contribution >= 0.6 is 0 Å². The van der Waals surface area contributed by atoms with Gasteiger partial charge in [-0.15, -0.1) is 0 Å². The fourth-order valence-electron chi connectivity index (χ4n) is 2.56. The van der Waals surface area contributed by atoms with Gasteiger partial charge in [0.2, 0.25) is 10.0 Å². The first kappa shape index (κ1) is 13.8. The molecular weight excluding hydrogens is 276 g/mol. The van der Waals surface area contributed by atoms with Crippen LogP contribution in [0.4, 0.5) is 5.82 Å². The summed E-state index contributed by atoms with van der Waals surface area (Å²) in [6.45, 7) is 1.13. The van der Waals surface area contributed by atoms with Crippen LogP contribution in [0.15, 0.2) is 12.3 Å². The van der Waals surface area contributed by atoms with E-state index in [1.54, 1.807) is 6.20 Å². The second-order valence-corrected chi connectivity index (χ2v) is 7.66. The van der Waals surface area contributed by atoms with Gasteiger partial charge in [-0.3, -0.25) is 0 Å². The van der Waals surface area contributed by atoms with Crippen molar-refractivity contribution < 1.29 is 8.42 Å². The quantitative estimate of drug-likeness (QED) is 0.903. The summed E-state index contributed by atoms with van der Waals surface area (Å²) in [6, 6.07) is 1.98. The number of anilines is 1. The first-order valence-corrected chi connectivity index (χ1v) is 8.92. The average molecular weight is 296 g/mol. The topological polar surface area (TPSA) is 75.2 Å². The second-order valence-electron chi connectivity index (χ2n) is 5.68. The Kier molecular flexibility index (Phi) is 3.64. The number of nitrogens with zero attached hydrogens (tertiary/aromatic N) is 3. The molecule has 0 amide bonds. The van der Waals surface area contributed by atoms with E-state index >= 15 is 0 Å². The molecule has 1 unspecified atom stereocenters. The van der Waals surface area contributed by atoms with Crippen LogP contribution in [0.25, 0.3) is 0 Å². The molecule has 1 aromatic rings. The Labute approximate surface area is 119 Å². The van der Waals surface area contributed by atoms with E-state index in [1.165, 1.54) is 23.4 Å². The van der Waals surface area contributed by atoms with Gasteiger partial charge in [0.05, 0.1) is 6.26 Å². The monoisotopic (exact) mass is 296 g/mol. The van der Waals surface area contributed by atoms with Crippen LogP contribution in [0, 0.1) is 0 Å². The molecular formula is C13H20N4O2S. The molecule has 0 bridgehead atoms. The lowest BCUT2D eigenvalue weighted by Crippen LogP contribution is -2.44. The molecule has 110 valence electrons. The fraction of sp³-hybridized carbons (Fsp3) is 0.692. The molecule has 3 rings (SSSR count). The summed E-state index contributed by atoms with van der Waals surface area (Å²) in [5.74, 6) is 2.24. The van der Waals surface area contributed by atoms with E-state index in [4.69, 9.17) is 0 Å². The van der Waals surface area contributed by atoms with Gasteiger partial charge in [-0.25, -0.2) is 22.7 Å². The molecule has 1 saturated carbocycles. The summed E-state index contributed by atoms with van der Waals surface area (Å²) in [5, 5.41) is 3.35. The van der Waals surface area contributed by atoms with Crippen molar-refractivity contribution in [3.05, 3.63) is 18.1 Å². The minimum atomic E-state index is -3.10. The van der Waals surface area contributed by atoms with Gasteiger partial charge in [0.15, 0.2) is 0 Å². The van der Waals surface area contributed by atoms with Crippen LogP contribution in [-0.2, 0) is 10.0 Å². The van der Waals surface area contributed by atoms with Crippen molar-refractivity contribution in [1.82, 2.24) is 14.3 Å². The van der Waals surface area contributed by atoms with E-state index in [1.807, 2.05) is 6.07 Å². The molecule has 20 heavy (non-hydrogen) atoms. The first-order valence-electron chi connectivity index (χ1n) is 7.07. The number of nitrogens with one attached hydrogen (secondary N) is 1. The number of hydrogen-bond acceptors (Lipinski definition) is 5. The van der Waals surface area contributed by atoms with Crippen molar-refractivity contribution in [2.45, 2.75) is 37.6 Å². The zero-order valence-electron chi connectivity index (χ0n) is 11.6. The fourth-order valence-corrected chi connectivity index (χ4v) is 3.47. The molecule has 0 aromatic carbocycles. The van der Waals surface area contributed by atoms with Crippen LogP contribution in [0.3, 0.4) is 0 Å². The van der Waals surface area contributed by atoms with Crippen LogP contribution < -0.4 is 5.32 Å². The van der Waals surface area contributed by atoms with E-state index < -0.39 is 10.0 Å². The Morgan fingerprint density at radius 1 is 1.35 bits per heavy atom. The summed E-state index contributed by atoms with van der Waals surface area (Å²) in [7, 11) is -3.10. The van der Waals surface area contributed by atoms with Crippen molar-refractivity contribution in [3.8, 4) is 0 Å². The summed E-state index contributed by atoms with van der Waals surface area (Å²) in [6.07, 6.45) is 7.25. The lowest BCUT2D eigenvalue weighted by Gasteiger charge is -2.31. The second kappa shape index (κ2) is 5.29. The van der Waals surface area contributed by atoms with Crippen LogP contribution in [-0.4, -0.2) is 48.1 Å². The highest BCUT2D eigenvalue weighted by molar-refractivity contribution is 7.88. The lowest BCUT2D eigenvalue weighted by molar-refractivity contribution is 0.329. The highest BCUT2D eigenvalue weighted by Crippen LogP contribution is 2.38. The summed E-state index contributed by atoms with van der Waals surface area (Å²) < 4.78 is 24.8. The molecule has 1 aromatic heterocycles. The van der Waals surface area contributed by atoms with E-state index in [0.29, 0.717) is 19.0 Å².